The van der Waals surface area contributed by atoms with Gasteiger partial charge in [0.25, 0.3) is 21.0 Å². The fourth-order valence-electron chi connectivity index (χ4n) is 4.38. The van der Waals surface area contributed by atoms with Gasteiger partial charge in [0.2, 0.25) is 0 Å². The zero-order valence-corrected chi connectivity index (χ0v) is 34.6. The van der Waals surface area contributed by atoms with E-state index in [4.69, 9.17) is 32.1 Å². The Morgan fingerprint density at radius 1 is 1.09 bits per heavy atom. The van der Waals surface area contributed by atoms with Crippen molar-refractivity contribution in [1.29, 1.82) is 0 Å². The van der Waals surface area contributed by atoms with Crippen LogP contribution in [0.2, 0.25) is 5.02 Å². The van der Waals surface area contributed by atoms with Crippen LogP contribution in [0.15, 0.2) is 52.2 Å². The van der Waals surface area contributed by atoms with E-state index in [-0.39, 0.29) is 40.2 Å². The van der Waals surface area contributed by atoms with Gasteiger partial charge in [-0.05, 0) is 73.5 Å². The number of aliphatic carboxylic acids is 1. The Morgan fingerprint density at radius 3 is 2.21 bits per heavy atom. The first-order valence-electron chi connectivity index (χ1n) is 16.1. The third-order valence-corrected chi connectivity index (χ3v) is 10.3. The first-order chi connectivity index (χ1) is 26.6. The minimum atomic E-state index is -4.69. The van der Waals surface area contributed by atoms with Gasteiger partial charge in [0.15, 0.2) is 13.1 Å². The highest BCUT2D eigenvalue weighted by molar-refractivity contribution is 9.10. The second-order valence-electron chi connectivity index (χ2n) is 12.3. The number of para-hydroxylation sites is 1. The maximum Gasteiger partial charge on any atom is 0.434 e. The average Bonchev–Trinajstić information content (AvgIpc) is 3.65. The molecule has 0 spiro atoms. The number of hydrogen-bond acceptors (Lipinski definition) is 11. The minimum Gasteiger partial charge on any atom is -0.480 e. The summed E-state index contributed by atoms with van der Waals surface area (Å²) in [5.74, 6) is -4.89. The number of halogens is 8. The Hall–Kier alpha value is -4.61. The summed E-state index contributed by atoms with van der Waals surface area (Å²) in [4.78, 5) is 38.7. The van der Waals surface area contributed by atoms with Crippen molar-refractivity contribution in [3.8, 4) is 11.3 Å². The number of alkyl halides is 3. The molecule has 58 heavy (non-hydrogen) atoms. The SMILES string of the molecule is CC(C)OC(=O)c1cc(-c2nn(C)c(C(F)(F)F)c2Br)c(F)cc1Cl.CP(=O)(O)CCC(N)C(=O)O.Cc1ccn2nc(S(=O)(=O)Nc3c(F)cccc3F)nc2n1. The molecule has 5 rings (SSSR count). The summed E-state index contributed by atoms with van der Waals surface area (Å²) < 4.78 is 124. The van der Waals surface area contributed by atoms with E-state index in [1.807, 2.05) is 0 Å². The second kappa shape index (κ2) is 19.0. The molecule has 0 saturated carbocycles. The van der Waals surface area contributed by atoms with E-state index in [2.05, 4.69) is 36.1 Å². The molecule has 0 radical (unpaired) electrons. The summed E-state index contributed by atoms with van der Waals surface area (Å²) >= 11 is 8.67. The number of carboxylic acid groups (broad SMARTS) is 1. The Kier molecular flexibility index (Phi) is 15.6. The van der Waals surface area contributed by atoms with Crippen molar-refractivity contribution < 1.29 is 63.7 Å². The highest BCUT2D eigenvalue weighted by Gasteiger charge is 2.39. The molecule has 2 unspecified atom stereocenters. The number of carboxylic acids is 1. The van der Waals surface area contributed by atoms with E-state index >= 15 is 0 Å². The number of nitrogens with two attached hydrogens (primary N) is 1. The quantitative estimate of drug-likeness (QED) is 0.0673. The van der Waals surface area contributed by atoms with Gasteiger partial charge in [0, 0.05) is 37.3 Å². The molecule has 26 heteroatoms. The summed E-state index contributed by atoms with van der Waals surface area (Å²) in [6, 6.07) is 5.43. The Bertz CT molecular complexity index is 2460. The number of carbonyl (C=O) groups excluding carboxylic acids is 1. The monoisotopic (exact) mass is 948 g/mol. The number of esters is 1. The smallest absolute Gasteiger partial charge is 0.434 e. The van der Waals surface area contributed by atoms with Gasteiger partial charge in [-0.1, -0.05) is 17.7 Å². The van der Waals surface area contributed by atoms with Crippen LogP contribution in [-0.2, 0) is 37.3 Å². The van der Waals surface area contributed by atoms with Crippen LogP contribution >= 0.6 is 34.9 Å². The molecule has 0 amide bonds. The lowest BCUT2D eigenvalue weighted by Gasteiger charge is -2.11. The summed E-state index contributed by atoms with van der Waals surface area (Å²) in [6.07, 6.45) is -3.66. The number of rotatable bonds is 10. The van der Waals surface area contributed by atoms with Crippen LogP contribution in [0.1, 0.15) is 42.0 Å². The third-order valence-electron chi connectivity index (χ3n) is 7.07. The molecule has 3 heterocycles. The van der Waals surface area contributed by atoms with Crippen molar-refractivity contribution in [2.45, 2.75) is 50.7 Å². The molecule has 2 atom stereocenters. The Morgan fingerprint density at radius 2 is 1.69 bits per heavy atom. The number of fused-ring (bicyclic) bond motifs is 1. The number of benzene rings is 2. The van der Waals surface area contributed by atoms with E-state index in [0.29, 0.717) is 10.4 Å². The van der Waals surface area contributed by atoms with E-state index < -0.39 is 86.1 Å². The van der Waals surface area contributed by atoms with Gasteiger partial charge >= 0.3 is 18.1 Å². The molecule has 0 aliphatic rings. The molecule has 0 bridgehead atoms. The van der Waals surface area contributed by atoms with E-state index in [1.165, 1.54) is 12.9 Å². The molecule has 5 aromatic rings. The number of aryl methyl sites for hydroxylation is 2. The highest BCUT2D eigenvalue weighted by atomic mass is 79.9. The van der Waals surface area contributed by atoms with Gasteiger partial charge < -0.3 is 20.5 Å². The second-order valence-corrected chi connectivity index (χ2v) is 17.6. The molecular weight excluding hydrogens is 917 g/mol. The fraction of sp³-hybridized carbons (Fsp3) is 0.312. The van der Waals surface area contributed by atoms with Crippen LogP contribution in [0.3, 0.4) is 0 Å². The molecule has 3 aromatic heterocycles. The van der Waals surface area contributed by atoms with Crippen molar-refractivity contribution in [3.63, 3.8) is 0 Å². The van der Waals surface area contributed by atoms with Gasteiger partial charge in [-0.2, -0.15) is 31.7 Å². The number of sulfonamides is 1. The van der Waals surface area contributed by atoms with E-state index in [9.17, 15) is 48.9 Å². The zero-order chi connectivity index (χ0) is 44.1. The average molecular weight is 950 g/mol. The summed E-state index contributed by atoms with van der Waals surface area (Å²) in [7, 11) is -6.37. The molecule has 16 nitrogen and oxygen atoms in total. The van der Waals surface area contributed by atoms with Crippen molar-refractivity contribution >= 4 is 68.3 Å². The molecule has 2 aromatic carbocycles. The largest absolute Gasteiger partial charge is 0.480 e. The van der Waals surface area contributed by atoms with Crippen LogP contribution in [0.25, 0.3) is 17.0 Å². The first kappa shape index (κ1) is 47.8. The predicted octanol–water partition coefficient (Wildman–Crippen LogP) is 6.43. The molecule has 316 valence electrons. The summed E-state index contributed by atoms with van der Waals surface area (Å²) in [5, 5.41) is 14.9. The number of nitrogens with zero attached hydrogens (tertiary/aromatic N) is 6. The topological polar surface area (TPSA) is 234 Å². The number of nitrogens with one attached hydrogen (secondary N) is 1. The lowest BCUT2D eigenvalue weighted by Crippen LogP contribution is -2.30. The zero-order valence-electron chi connectivity index (χ0n) is 30.6. The van der Waals surface area contributed by atoms with Crippen LogP contribution in [-0.4, -0.2) is 84.7 Å². The molecule has 0 aliphatic heterocycles. The van der Waals surface area contributed by atoms with Crippen LogP contribution in [0.5, 0.6) is 0 Å². The maximum absolute atomic E-state index is 14.3. The van der Waals surface area contributed by atoms with Gasteiger partial charge in [-0.25, -0.2) is 27.5 Å². The van der Waals surface area contributed by atoms with Gasteiger partial charge in [-0.3, -0.25) is 18.8 Å². The standard InChI is InChI=1S/C15H12BrClF4N2O2.C12H9F2N5O2S.C5H12NO4P/c1-6(2)25-14(24)7-4-8(10(18)5-9(7)17)12-11(16)13(15(19,20)21)23(3)22-12;1-7-5-6-19-11(15-7)16-12(17-19)22(20,21)18-10-8(13)3-2-4-9(10)14;1-11(9,10)3-2-4(6)5(7)8/h4-6H,1-3H3;2-6,18H,1H3;4H,2-3,6H2,1H3,(H,7,8)(H,9,10). The van der Waals surface area contributed by atoms with Crippen molar-refractivity contribution in [3.05, 3.63) is 86.5 Å². The van der Waals surface area contributed by atoms with Crippen molar-refractivity contribution in [2.24, 2.45) is 12.8 Å². The minimum absolute atomic E-state index is 0.0412. The van der Waals surface area contributed by atoms with E-state index in [0.717, 1.165) is 41.9 Å². The Labute approximate surface area is 339 Å². The number of aromatic nitrogens is 6. The van der Waals surface area contributed by atoms with Gasteiger partial charge in [0.05, 0.1) is 21.2 Å². The molecule has 0 fully saturated rings. The number of anilines is 1. The van der Waals surface area contributed by atoms with Crippen LogP contribution in [0.4, 0.5) is 32.0 Å². The lowest BCUT2D eigenvalue weighted by atomic mass is 10.1. The number of ether oxygens (including phenoxy) is 1. The summed E-state index contributed by atoms with van der Waals surface area (Å²) in [5.41, 5.74) is 3.07. The fourth-order valence-corrected chi connectivity index (χ4v) is 7.09. The van der Waals surface area contributed by atoms with Gasteiger partial charge in [-0.15, -0.1) is 5.10 Å². The third kappa shape index (κ3) is 12.7. The van der Waals surface area contributed by atoms with Crippen LogP contribution in [0, 0.1) is 24.4 Å². The molecular formula is C32H33BrClF6N8O8PS. The maximum atomic E-state index is 14.3. The highest BCUT2D eigenvalue weighted by Crippen LogP contribution is 2.41. The molecule has 5 N–H and O–H groups in total. The molecule has 0 aliphatic carbocycles. The first-order valence-corrected chi connectivity index (χ1v) is 21.0. The van der Waals surface area contributed by atoms with Gasteiger partial charge in [0.1, 0.15) is 34.9 Å². The number of hydrogen-bond donors (Lipinski definition) is 4. The normalized spacial score (nSPS) is 13.2. The molecule has 0 saturated heterocycles. The van der Waals surface area contributed by atoms with E-state index in [1.54, 1.807) is 31.6 Å². The Balaban J connectivity index is 0.000000250. The van der Waals surface area contributed by atoms with Crippen LogP contribution < -0.4 is 10.5 Å². The number of carbonyl (C=O) groups is 2. The predicted molar refractivity (Wildman–Crippen MR) is 200 cm³/mol. The summed E-state index contributed by atoms with van der Waals surface area (Å²) in [6.45, 7) is 6.11. The lowest BCUT2D eigenvalue weighted by molar-refractivity contribution is -0.144. The van der Waals surface area contributed by atoms with Crippen molar-refractivity contribution in [1.82, 2.24) is 29.4 Å². The van der Waals surface area contributed by atoms with Crippen molar-refractivity contribution in [2.75, 3.05) is 17.5 Å².